The van der Waals surface area contributed by atoms with Gasteiger partial charge in [0.1, 0.15) is 18.2 Å². The molecule has 8 nitrogen and oxygen atoms in total. The molecule has 1 fully saturated rings. The maximum Gasteiger partial charge on any atom is 0.226 e. The molecular formula is C25H25ClFN5O3. The second kappa shape index (κ2) is 10.6. The third-order valence-electron chi connectivity index (χ3n) is 6.00. The highest BCUT2D eigenvalue weighted by molar-refractivity contribution is 6.30. The van der Waals surface area contributed by atoms with Gasteiger partial charge in [0.25, 0.3) is 0 Å². The van der Waals surface area contributed by atoms with Gasteiger partial charge in [0, 0.05) is 54.6 Å². The minimum absolute atomic E-state index is 0.0913. The van der Waals surface area contributed by atoms with Crippen LogP contribution in [0.1, 0.15) is 6.42 Å². The Morgan fingerprint density at radius 2 is 1.94 bits per heavy atom. The predicted molar refractivity (Wildman–Crippen MR) is 132 cm³/mol. The second-order valence-corrected chi connectivity index (χ2v) is 8.75. The van der Waals surface area contributed by atoms with E-state index in [0.29, 0.717) is 67.2 Å². The SMILES string of the molecule is O=C(CCN1CCOCC1)Nc1cc(N2CCOc3cnc(-c4cc(Cl)ccc4F)cc32)ccn1. The molecule has 0 radical (unpaired) electrons. The number of nitrogens with one attached hydrogen (secondary N) is 1. The number of benzene rings is 1. The van der Waals surface area contributed by atoms with E-state index in [1.165, 1.54) is 12.1 Å². The zero-order valence-electron chi connectivity index (χ0n) is 19.0. The molecule has 4 heterocycles. The molecule has 35 heavy (non-hydrogen) atoms. The molecule has 0 aliphatic carbocycles. The van der Waals surface area contributed by atoms with Gasteiger partial charge in [-0.05, 0) is 30.3 Å². The molecule has 2 aliphatic rings. The lowest BCUT2D eigenvalue weighted by Crippen LogP contribution is -2.38. The second-order valence-electron chi connectivity index (χ2n) is 8.31. The number of hydrogen-bond acceptors (Lipinski definition) is 7. The van der Waals surface area contributed by atoms with Gasteiger partial charge in [0.2, 0.25) is 5.91 Å². The molecule has 5 rings (SSSR count). The number of rotatable bonds is 6. The molecule has 0 bridgehead atoms. The van der Waals surface area contributed by atoms with Crippen LogP contribution in [0.15, 0.2) is 48.8 Å². The summed E-state index contributed by atoms with van der Waals surface area (Å²) in [5, 5.41) is 3.32. The van der Waals surface area contributed by atoms with Crippen molar-refractivity contribution in [2.75, 3.05) is 56.2 Å². The number of amides is 1. The Bertz CT molecular complexity index is 1220. The quantitative estimate of drug-likeness (QED) is 0.548. The average molecular weight is 498 g/mol. The summed E-state index contributed by atoms with van der Waals surface area (Å²) in [5.74, 6) is 0.565. The topological polar surface area (TPSA) is 79.8 Å². The summed E-state index contributed by atoms with van der Waals surface area (Å²) >= 11 is 6.08. The number of carbonyl (C=O) groups is 1. The first-order valence-corrected chi connectivity index (χ1v) is 11.9. The van der Waals surface area contributed by atoms with E-state index in [1.54, 1.807) is 24.5 Å². The third kappa shape index (κ3) is 5.53. The van der Waals surface area contributed by atoms with E-state index in [0.717, 1.165) is 24.5 Å². The summed E-state index contributed by atoms with van der Waals surface area (Å²) in [6.45, 7) is 4.80. The van der Waals surface area contributed by atoms with E-state index in [1.807, 2.05) is 17.0 Å². The van der Waals surface area contributed by atoms with Gasteiger partial charge in [-0.3, -0.25) is 14.7 Å². The number of ether oxygens (including phenoxy) is 2. The van der Waals surface area contributed by atoms with Crippen molar-refractivity contribution in [2.24, 2.45) is 0 Å². The molecule has 0 atom stereocenters. The molecule has 1 aromatic carbocycles. The maximum absolute atomic E-state index is 14.5. The largest absolute Gasteiger partial charge is 0.488 e. The van der Waals surface area contributed by atoms with Crippen LogP contribution in [0.5, 0.6) is 5.75 Å². The first kappa shape index (κ1) is 23.5. The molecule has 10 heteroatoms. The highest BCUT2D eigenvalue weighted by Crippen LogP contribution is 2.39. The number of halogens is 2. The number of morpholine rings is 1. The van der Waals surface area contributed by atoms with Crippen molar-refractivity contribution in [1.82, 2.24) is 14.9 Å². The minimum atomic E-state index is -0.406. The number of carbonyl (C=O) groups excluding carboxylic acids is 1. The number of hydrogen-bond donors (Lipinski definition) is 1. The fourth-order valence-corrected chi connectivity index (χ4v) is 4.35. The van der Waals surface area contributed by atoms with Gasteiger partial charge in [0.05, 0.1) is 37.3 Å². The third-order valence-corrected chi connectivity index (χ3v) is 6.23. The van der Waals surface area contributed by atoms with E-state index in [-0.39, 0.29) is 5.91 Å². The van der Waals surface area contributed by atoms with Gasteiger partial charge >= 0.3 is 0 Å². The van der Waals surface area contributed by atoms with Crippen LogP contribution in [0.25, 0.3) is 11.3 Å². The number of aromatic nitrogens is 2. The summed E-state index contributed by atoms with van der Waals surface area (Å²) in [5.41, 5.74) is 2.34. The van der Waals surface area contributed by atoms with Crippen LogP contribution >= 0.6 is 11.6 Å². The zero-order chi connectivity index (χ0) is 24.2. The Labute approximate surface area is 207 Å². The summed E-state index contributed by atoms with van der Waals surface area (Å²) in [6, 6.07) is 9.84. The van der Waals surface area contributed by atoms with Crippen LogP contribution in [0.2, 0.25) is 5.02 Å². The first-order chi connectivity index (χ1) is 17.1. The van der Waals surface area contributed by atoms with Gasteiger partial charge < -0.3 is 19.7 Å². The number of pyridine rings is 2. The van der Waals surface area contributed by atoms with Crippen LogP contribution in [-0.4, -0.2) is 66.8 Å². The molecule has 3 aromatic rings. The monoisotopic (exact) mass is 497 g/mol. The predicted octanol–water partition coefficient (Wildman–Crippen LogP) is 4.13. The van der Waals surface area contributed by atoms with Gasteiger partial charge in [-0.25, -0.2) is 9.37 Å². The van der Waals surface area contributed by atoms with E-state index < -0.39 is 5.82 Å². The minimum Gasteiger partial charge on any atom is -0.488 e. The van der Waals surface area contributed by atoms with Gasteiger partial charge in [-0.15, -0.1) is 0 Å². The maximum atomic E-state index is 14.5. The molecule has 0 unspecified atom stereocenters. The van der Waals surface area contributed by atoms with E-state index in [9.17, 15) is 9.18 Å². The summed E-state index contributed by atoms with van der Waals surface area (Å²) in [7, 11) is 0. The number of anilines is 3. The van der Waals surface area contributed by atoms with Crippen molar-refractivity contribution in [3.05, 3.63) is 59.6 Å². The highest BCUT2D eigenvalue weighted by atomic mass is 35.5. The lowest BCUT2D eigenvalue weighted by Gasteiger charge is -2.31. The molecule has 182 valence electrons. The standard InChI is InChI=1S/C25H25ClFN5O3/c26-17-1-2-20(27)19(13-17)21-15-22-23(16-29-21)35-12-9-32(22)18-3-5-28-24(14-18)30-25(33)4-6-31-7-10-34-11-8-31/h1-3,5,13-16H,4,6-12H2,(H,28,30,33). The molecular weight excluding hydrogens is 473 g/mol. The number of nitrogens with zero attached hydrogens (tertiary/aromatic N) is 4. The molecule has 0 spiro atoms. The van der Waals surface area contributed by atoms with Crippen LogP contribution < -0.4 is 15.0 Å². The van der Waals surface area contributed by atoms with Crippen LogP contribution in [-0.2, 0) is 9.53 Å². The highest BCUT2D eigenvalue weighted by Gasteiger charge is 2.22. The van der Waals surface area contributed by atoms with Gasteiger partial charge in [-0.2, -0.15) is 0 Å². The molecule has 2 aliphatic heterocycles. The summed E-state index contributed by atoms with van der Waals surface area (Å²) < 4.78 is 25.6. The Morgan fingerprint density at radius 1 is 1.09 bits per heavy atom. The zero-order valence-corrected chi connectivity index (χ0v) is 19.8. The molecule has 1 saturated heterocycles. The van der Waals surface area contributed by atoms with Crippen LogP contribution in [0.3, 0.4) is 0 Å². The lowest BCUT2D eigenvalue weighted by atomic mass is 10.1. The Morgan fingerprint density at radius 3 is 2.80 bits per heavy atom. The van der Waals surface area contributed by atoms with Crippen molar-refractivity contribution in [3.63, 3.8) is 0 Å². The Hall–Kier alpha value is -3.27. The normalized spacial score (nSPS) is 15.9. The smallest absolute Gasteiger partial charge is 0.226 e. The fraction of sp³-hybridized carbons (Fsp3) is 0.320. The molecule has 1 N–H and O–H groups in total. The fourth-order valence-electron chi connectivity index (χ4n) is 4.18. The van der Waals surface area contributed by atoms with Gasteiger partial charge in [0.15, 0.2) is 5.75 Å². The van der Waals surface area contributed by atoms with Crippen molar-refractivity contribution < 1.29 is 18.7 Å². The van der Waals surface area contributed by atoms with Crippen LogP contribution in [0.4, 0.5) is 21.6 Å². The summed E-state index contributed by atoms with van der Waals surface area (Å²) in [6.07, 6.45) is 3.63. The Kier molecular flexibility index (Phi) is 7.08. The first-order valence-electron chi connectivity index (χ1n) is 11.5. The van der Waals surface area contributed by atoms with E-state index in [4.69, 9.17) is 21.1 Å². The van der Waals surface area contributed by atoms with Crippen molar-refractivity contribution in [2.45, 2.75) is 6.42 Å². The van der Waals surface area contributed by atoms with Gasteiger partial charge in [-0.1, -0.05) is 11.6 Å². The lowest BCUT2D eigenvalue weighted by molar-refractivity contribution is -0.116. The van der Waals surface area contributed by atoms with Crippen molar-refractivity contribution in [1.29, 1.82) is 0 Å². The number of fused-ring (bicyclic) bond motifs is 1. The molecule has 2 aromatic heterocycles. The van der Waals surface area contributed by atoms with Crippen molar-refractivity contribution >= 4 is 34.7 Å². The summed E-state index contributed by atoms with van der Waals surface area (Å²) in [4.78, 5) is 25.4. The van der Waals surface area contributed by atoms with Crippen molar-refractivity contribution in [3.8, 4) is 17.0 Å². The van der Waals surface area contributed by atoms with Crippen LogP contribution in [0, 0.1) is 5.82 Å². The van der Waals surface area contributed by atoms with E-state index >= 15 is 0 Å². The Balaban J connectivity index is 1.34. The van der Waals surface area contributed by atoms with E-state index in [2.05, 4.69) is 20.2 Å². The molecule has 1 amide bonds. The molecule has 0 saturated carbocycles. The average Bonchev–Trinajstić information content (AvgIpc) is 2.89.